The second kappa shape index (κ2) is 5.69. The standard InChI is InChI=1S/C14H21N3O/c1-3-13(17-7-9-18-10-8-17)4-2-12(1)14-11-15-5-6-16-14/h1-4,14-16H,5-11H2/t14-/m0/s1. The van der Waals surface area contributed by atoms with Crippen LogP contribution in [0.4, 0.5) is 5.69 Å². The number of rotatable bonds is 2. The van der Waals surface area contributed by atoms with E-state index < -0.39 is 0 Å². The van der Waals surface area contributed by atoms with Gasteiger partial charge in [0.2, 0.25) is 0 Å². The molecule has 2 aliphatic rings. The highest BCUT2D eigenvalue weighted by atomic mass is 16.5. The van der Waals surface area contributed by atoms with Crippen LogP contribution in [-0.2, 0) is 4.74 Å². The first kappa shape index (κ1) is 12.0. The minimum Gasteiger partial charge on any atom is -0.378 e. The molecule has 2 N–H and O–H groups in total. The van der Waals surface area contributed by atoms with E-state index in [0.717, 1.165) is 45.9 Å². The van der Waals surface area contributed by atoms with Gasteiger partial charge in [-0.2, -0.15) is 0 Å². The molecule has 1 aromatic rings. The molecular formula is C14H21N3O. The minimum absolute atomic E-state index is 0.456. The summed E-state index contributed by atoms with van der Waals surface area (Å²) >= 11 is 0. The van der Waals surface area contributed by atoms with Crippen molar-refractivity contribution in [3.8, 4) is 0 Å². The normalized spacial score (nSPS) is 25.1. The Kier molecular flexibility index (Phi) is 3.78. The number of nitrogens with zero attached hydrogens (tertiary/aromatic N) is 1. The average molecular weight is 247 g/mol. The van der Waals surface area contributed by atoms with Gasteiger partial charge in [-0.3, -0.25) is 0 Å². The van der Waals surface area contributed by atoms with Crippen LogP contribution < -0.4 is 15.5 Å². The van der Waals surface area contributed by atoms with E-state index >= 15 is 0 Å². The number of morpholine rings is 1. The van der Waals surface area contributed by atoms with Crippen LogP contribution in [0.25, 0.3) is 0 Å². The summed E-state index contributed by atoms with van der Waals surface area (Å²) in [6.07, 6.45) is 0. The molecule has 0 radical (unpaired) electrons. The lowest BCUT2D eigenvalue weighted by molar-refractivity contribution is 0.122. The summed E-state index contributed by atoms with van der Waals surface area (Å²) in [4.78, 5) is 2.39. The first-order valence-electron chi connectivity index (χ1n) is 6.80. The van der Waals surface area contributed by atoms with Gasteiger partial charge >= 0.3 is 0 Å². The lowest BCUT2D eigenvalue weighted by atomic mass is 10.0. The lowest BCUT2D eigenvalue weighted by Gasteiger charge is -2.30. The molecule has 2 heterocycles. The Morgan fingerprint density at radius 3 is 2.50 bits per heavy atom. The van der Waals surface area contributed by atoms with Crippen molar-refractivity contribution in [3.63, 3.8) is 0 Å². The van der Waals surface area contributed by atoms with E-state index in [1.165, 1.54) is 11.3 Å². The highest BCUT2D eigenvalue weighted by Gasteiger charge is 2.15. The third-order valence-corrected chi connectivity index (χ3v) is 3.71. The molecule has 3 rings (SSSR count). The molecule has 0 aliphatic carbocycles. The Morgan fingerprint density at radius 2 is 1.83 bits per heavy atom. The SMILES string of the molecule is c1cc(N2CCOCC2)ccc1[C@@H]1CNCCN1. The van der Waals surface area contributed by atoms with Crippen LogP contribution in [0.1, 0.15) is 11.6 Å². The zero-order valence-electron chi connectivity index (χ0n) is 10.7. The first-order chi connectivity index (χ1) is 8.93. The summed E-state index contributed by atoms with van der Waals surface area (Å²) in [6, 6.07) is 9.41. The van der Waals surface area contributed by atoms with Gasteiger partial charge in [-0.25, -0.2) is 0 Å². The summed E-state index contributed by atoms with van der Waals surface area (Å²) in [5, 5.41) is 6.96. The zero-order valence-corrected chi connectivity index (χ0v) is 10.7. The Labute approximate surface area is 108 Å². The fourth-order valence-electron chi connectivity index (χ4n) is 2.63. The van der Waals surface area contributed by atoms with Crippen LogP contribution in [0.15, 0.2) is 24.3 Å². The predicted octanol–water partition coefficient (Wildman–Crippen LogP) is 0.757. The van der Waals surface area contributed by atoms with Gasteiger partial charge < -0.3 is 20.3 Å². The molecule has 2 fully saturated rings. The van der Waals surface area contributed by atoms with Crippen molar-refractivity contribution in [2.75, 3.05) is 50.8 Å². The lowest BCUT2D eigenvalue weighted by Crippen LogP contribution is -2.42. The second-order valence-electron chi connectivity index (χ2n) is 4.90. The Hall–Kier alpha value is -1.10. The molecule has 1 aromatic carbocycles. The van der Waals surface area contributed by atoms with Gasteiger partial charge in [-0.15, -0.1) is 0 Å². The number of hydrogen-bond donors (Lipinski definition) is 2. The van der Waals surface area contributed by atoms with Crippen molar-refractivity contribution in [1.29, 1.82) is 0 Å². The molecule has 0 bridgehead atoms. The Bertz CT molecular complexity index is 330. The van der Waals surface area contributed by atoms with E-state index in [9.17, 15) is 0 Å². The highest BCUT2D eigenvalue weighted by molar-refractivity contribution is 5.48. The maximum atomic E-state index is 5.38. The highest BCUT2D eigenvalue weighted by Crippen LogP contribution is 2.20. The quantitative estimate of drug-likeness (QED) is 0.809. The van der Waals surface area contributed by atoms with Crippen molar-refractivity contribution >= 4 is 5.69 Å². The van der Waals surface area contributed by atoms with E-state index in [-0.39, 0.29) is 0 Å². The summed E-state index contributed by atoms with van der Waals surface area (Å²) in [5.74, 6) is 0. The van der Waals surface area contributed by atoms with Crippen molar-refractivity contribution in [2.45, 2.75) is 6.04 Å². The number of hydrogen-bond acceptors (Lipinski definition) is 4. The van der Waals surface area contributed by atoms with Crippen molar-refractivity contribution in [3.05, 3.63) is 29.8 Å². The molecule has 4 heteroatoms. The van der Waals surface area contributed by atoms with Crippen molar-refractivity contribution < 1.29 is 4.74 Å². The summed E-state index contributed by atoms with van der Waals surface area (Å²) in [6.45, 7) is 6.84. The van der Waals surface area contributed by atoms with Crippen LogP contribution in [0.5, 0.6) is 0 Å². The van der Waals surface area contributed by atoms with Gasteiger partial charge in [0.05, 0.1) is 13.2 Å². The largest absolute Gasteiger partial charge is 0.378 e. The number of piperazine rings is 1. The zero-order chi connectivity index (χ0) is 12.2. The summed E-state index contributed by atoms with van der Waals surface area (Å²) in [7, 11) is 0. The van der Waals surface area contributed by atoms with E-state index in [1.807, 2.05) is 0 Å². The second-order valence-corrected chi connectivity index (χ2v) is 4.90. The molecule has 0 saturated carbocycles. The monoisotopic (exact) mass is 247 g/mol. The fourth-order valence-corrected chi connectivity index (χ4v) is 2.63. The van der Waals surface area contributed by atoms with Crippen LogP contribution >= 0.6 is 0 Å². The molecule has 2 aliphatic heterocycles. The number of ether oxygens (including phenoxy) is 1. The molecule has 0 aromatic heterocycles. The topological polar surface area (TPSA) is 36.5 Å². The van der Waals surface area contributed by atoms with Gasteiger partial charge in [0.15, 0.2) is 0 Å². The third-order valence-electron chi connectivity index (χ3n) is 3.71. The van der Waals surface area contributed by atoms with Crippen LogP contribution in [0.3, 0.4) is 0 Å². The molecule has 0 spiro atoms. The Balaban J connectivity index is 1.67. The Morgan fingerprint density at radius 1 is 1.06 bits per heavy atom. The van der Waals surface area contributed by atoms with E-state index in [4.69, 9.17) is 4.74 Å². The van der Waals surface area contributed by atoms with Gasteiger partial charge in [-0.05, 0) is 17.7 Å². The molecule has 1 atom stereocenters. The van der Waals surface area contributed by atoms with Crippen LogP contribution in [0, 0.1) is 0 Å². The first-order valence-corrected chi connectivity index (χ1v) is 6.80. The number of benzene rings is 1. The molecule has 18 heavy (non-hydrogen) atoms. The van der Waals surface area contributed by atoms with E-state index in [2.05, 4.69) is 39.8 Å². The van der Waals surface area contributed by atoms with E-state index in [1.54, 1.807) is 0 Å². The number of anilines is 1. The van der Waals surface area contributed by atoms with Crippen LogP contribution in [0.2, 0.25) is 0 Å². The minimum atomic E-state index is 0.456. The maximum Gasteiger partial charge on any atom is 0.0642 e. The predicted molar refractivity (Wildman–Crippen MR) is 73.1 cm³/mol. The van der Waals surface area contributed by atoms with Crippen molar-refractivity contribution in [2.24, 2.45) is 0 Å². The van der Waals surface area contributed by atoms with Gasteiger partial charge in [-0.1, -0.05) is 12.1 Å². The van der Waals surface area contributed by atoms with Crippen molar-refractivity contribution in [1.82, 2.24) is 10.6 Å². The summed E-state index contributed by atoms with van der Waals surface area (Å²) < 4.78 is 5.38. The van der Waals surface area contributed by atoms with Gasteiger partial charge in [0, 0.05) is 44.5 Å². The molecular weight excluding hydrogens is 226 g/mol. The third kappa shape index (κ3) is 2.66. The molecule has 0 amide bonds. The van der Waals surface area contributed by atoms with Gasteiger partial charge in [0.25, 0.3) is 0 Å². The molecule has 0 unspecified atom stereocenters. The molecule has 2 saturated heterocycles. The molecule has 4 nitrogen and oxygen atoms in total. The molecule has 98 valence electrons. The maximum absolute atomic E-state index is 5.38. The smallest absolute Gasteiger partial charge is 0.0642 e. The van der Waals surface area contributed by atoms with E-state index in [0.29, 0.717) is 6.04 Å². The van der Waals surface area contributed by atoms with Crippen LogP contribution in [-0.4, -0.2) is 45.9 Å². The fraction of sp³-hybridized carbons (Fsp3) is 0.571. The number of nitrogens with one attached hydrogen (secondary N) is 2. The summed E-state index contributed by atoms with van der Waals surface area (Å²) in [5.41, 5.74) is 2.69. The van der Waals surface area contributed by atoms with Gasteiger partial charge in [0.1, 0.15) is 0 Å². The average Bonchev–Trinajstić information content (AvgIpc) is 2.49.